The van der Waals surface area contributed by atoms with E-state index in [1.54, 1.807) is 6.92 Å². The van der Waals surface area contributed by atoms with Crippen LogP contribution in [0.25, 0.3) is 0 Å². The first-order chi connectivity index (χ1) is 8.58. The SMILES string of the molecule is CC(CC(=O)O)NC(=O)NCCC1=CCCCC1. The smallest absolute Gasteiger partial charge is 0.315 e. The van der Waals surface area contributed by atoms with Crippen molar-refractivity contribution in [3.63, 3.8) is 0 Å². The van der Waals surface area contributed by atoms with E-state index in [2.05, 4.69) is 16.7 Å². The Bertz CT molecular complexity index is 326. The summed E-state index contributed by atoms with van der Waals surface area (Å²) in [5.74, 6) is -0.907. The molecule has 2 amide bonds. The number of nitrogens with one attached hydrogen (secondary N) is 2. The molecule has 0 heterocycles. The lowest BCUT2D eigenvalue weighted by Gasteiger charge is -2.15. The molecule has 0 fully saturated rings. The number of allylic oxidation sites excluding steroid dienone is 1. The highest BCUT2D eigenvalue weighted by Crippen LogP contribution is 2.19. The van der Waals surface area contributed by atoms with Crippen LogP contribution in [0.15, 0.2) is 11.6 Å². The van der Waals surface area contributed by atoms with E-state index in [0.29, 0.717) is 6.54 Å². The fraction of sp³-hybridized carbons (Fsp3) is 0.692. The van der Waals surface area contributed by atoms with Gasteiger partial charge in [-0.05, 0) is 39.0 Å². The third kappa shape index (κ3) is 6.27. The topological polar surface area (TPSA) is 78.4 Å². The van der Waals surface area contributed by atoms with E-state index >= 15 is 0 Å². The van der Waals surface area contributed by atoms with Crippen LogP contribution in [0.3, 0.4) is 0 Å². The molecule has 0 radical (unpaired) electrons. The van der Waals surface area contributed by atoms with Gasteiger partial charge in [0.25, 0.3) is 0 Å². The van der Waals surface area contributed by atoms with Crippen molar-refractivity contribution in [1.29, 1.82) is 0 Å². The molecule has 1 unspecified atom stereocenters. The molecule has 102 valence electrons. The summed E-state index contributed by atoms with van der Waals surface area (Å²) in [6.45, 7) is 2.29. The minimum Gasteiger partial charge on any atom is -0.481 e. The minimum atomic E-state index is -0.907. The van der Waals surface area contributed by atoms with Gasteiger partial charge < -0.3 is 15.7 Å². The molecule has 5 nitrogen and oxygen atoms in total. The van der Waals surface area contributed by atoms with Crippen molar-refractivity contribution < 1.29 is 14.7 Å². The first-order valence-corrected chi connectivity index (χ1v) is 6.52. The standard InChI is InChI=1S/C13H22N2O3/c1-10(9-12(16)17)15-13(18)14-8-7-11-5-3-2-4-6-11/h5,10H,2-4,6-9H2,1H3,(H,16,17)(H2,14,15,18). The van der Waals surface area contributed by atoms with Crippen LogP contribution in [-0.4, -0.2) is 29.7 Å². The number of hydrogen-bond acceptors (Lipinski definition) is 2. The van der Waals surface area contributed by atoms with Crippen molar-refractivity contribution in [2.45, 2.75) is 51.5 Å². The van der Waals surface area contributed by atoms with Crippen LogP contribution in [0, 0.1) is 0 Å². The summed E-state index contributed by atoms with van der Waals surface area (Å²) in [6, 6.07) is -0.642. The van der Waals surface area contributed by atoms with Crippen LogP contribution in [0.4, 0.5) is 4.79 Å². The molecule has 0 aromatic carbocycles. The fourth-order valence-electron chi connectivity index (χ4n) is 2.06. The predicted octanol–water partition coefficient (Wildman–Crippen LogP) is 2.04. The lowest BCUT2D eigenvalue weighted by Crippen LogP contribution is -2.42. The Morgan fingerprint density at radius 1 is 1.44 bits per heavy atom. The van der Waals surface area contributed by atoms with Crippen molar-refractivity contribution >= 4 is 12.0 Å². The second kappa shape index (κ2) is 7.74. The summed E-state index contributed by atoms with van der Waals surface area (Å²) in [5, 5.41) is 13.9. The third-order valence-electron chi connectivity index (χ3n) is 2.97. The molecule has 1 aliphatic rings. The summed E-state index contributed by atoms with van der Waals surface area (Å²) in [4.78, 5) is 21.9. The maximum absolute atomic E-state index is 11.4. The average molecular weight is 254 g/mol. The van der Waals surface area contributed by atoms with E-state index in [1.807, 2.05) is 0 Å². The fourth-order valence-corrected chi connectivity index (χ4v) is 2.06. The summed E-state index contributed by atoms with van der Waals surface area (Å²) in [7, 11) is 0. The van der Waals surface area contributed by atoms with Gasteiger partial charge in [-0.25, -0.2) is 4.79 Å². The van der Waals surface area contributed by atoms with Gasteiger partial charge >= 0.3 is 12.0 Å². The quantitative estimate of drug-likeness (QED) is 0.635. The Hall–Kier alpha value is -1.52. The molecule has 5 heteroatoms. The van der Waals surface area contributed by atoms with Gasteiger partial charge in [-0.1, -0.05) is 11.6 Å². The minimum absolute atomic E-state index is 0.0570. The molecule has 0 spiro atoms. The van der Waals surface area contributed by atoms with Crippen LogP contribution in [-0.2, 0) is 4.79 Å². The first kappa shape index (κ1) is 14.5. The number of carboxylic acid groups (broad SMARTS) is 1. The number of carboxylic acids is 1. The Labute approximate surface area is 108 Å². The second-order valence-corrected chi connectivity index (χ2v) is 4.76. The summed E-state index contributed by atoms with van der Waals surface area (Å²) in [6.07, 6.45) is 7.89. The molecule has 0 saturated carbocycles. The van der Waals surface area contributed by atoms with Gasteiger partial charge in [0, 0.05) is 12.6 Å². The van der Waals surface area contributed by atoms with Crippen molar-refractivity contribution in [3.05, 3.63) is 11.6 Å². The van der Waals surface area contributed by atoms with Crippen molar-refractivity contribution in [3.8, 4) is 0 Å². The number of hydrogen-bond donors (Lipinski definition) is 3. The van der Waals surface area contributed by atoms with E-state index in [1.165, 1.54) is 18.4 Å². The summed E-state index contributed by atoms with van der Waals surface area (Å²) in [5.41, 5.74) is 1.42. The van der Waals surface area contributed by atoms with Crippen LogP contribution in [0.5, 0.6) is 0 Å². The molecule has 1 atom stereocenters. The Kier molecular flexibility index (Phi) is 6.25. The lowest BCUT2D eigenvalue weighted by atomic mass is 9.97. The zero-order chi connectivity index (χ0) is 13.4. The number of aliphatic carboxylic acids is 1. The van der Waals surface area contributed by atoms with Crippen LogP contribution in [0.2, 0.25) is 0 Å². The predicted molar refractivity (Wildman–Crippen MR) is 69.4 cm³/mol. The number of urea groups is 1. The molecular formula is C13H22N2O3. The lowest BCUT2D eigenvalue weighted by molar-refractivity contribution is -0.137. The third-order valence-corrected chi connectivity index (χ3v) is 2.97. The molecule has 1 rings (SSSR count). The van der Waals surface area contributed by atoms with E-state index in [0.717, 1.165) is 19.3 Å². The zero-order valence-electron chi connectivity index (χ0n) is 10.9. The number of carbonyl (C=O) groups excluding carboxylic acids is 1. The average Bonchev–Trinajstić information content (AvgIpc) is 2.29. The molecule has 0 aliphatic heterocycles. The van der Waals surface area contributed by atoms with Crippen LogP contribution < -0.4 is 10.6 Å². The van der Waals surface area contributed by atoms with Gasteiger partial charge in [0.2, 0.25) is 0 Å². The Morgan fingerprint density at radius 2 is 2.22 bits per heavy atom. The van der Waals surface area contributed by atoms with Crippen molar-refractivity contribution in [1.82, 2.24) is 10.6 Å². The summed E-state index contributed by atoms with van der Waals surface area (Å²) >= 11 is 0. The van der Waals surface area contributed by atoms with Crippen LogP contribution >= 0.6 is 0 Å². The van der Waals surface area contributed by atoms with E-state index in [-0.39, 0.29) is 18.5 Å². The maximum atomic E-state index is 11.4. The number of rotatable bonds is 6. The van der Waals surface area contributed by atoms with Crippen molar-refractivity contribution in [2.24, 2.45) is 0 Å². The molecule has 0 aromatic heterocycles. The molecule has 0 aromatic rings. The largest absolute Gasteiger partial charge is 0.481 e. The molecule has 0 bridgehead atoms. The van der Waals surface area contributed by atoms with Crippen molar-refractivity contribution in [2.75, 3.05) is 6.54 Å². The van der Waals surface area contributed by atoms with E-state index in [9.17, 15) is 9.59 Å². The van der Waals surface area contributed by atoms with Crippen LogP contribution in [0.1, 0.15) is 45.4 Å². The van der Waals surface area contributed by atoms with Gasteiger partial charge in [-0.15, -0.1) is 0 Å². The molecule has 0 saturated heterocycles. The Balaban J connectivity index is 2.13. The molecule has 3 N–H and O–H groups in total. The van der Waals surface area contributed by atoms with E-state index < -0.39 is 5.97 Å². The van der Waals surface area contributed by atoms with Gasteiger partial charge in [0.1, 0.15) is 0 Å². The number of amides is 2. The first-order valence-electron chi connectivity index (χ1n) is 6.52. The molecular weight excluding hydrogens is 232 g/mol. The van der Waals surface area contributed by atoms with E-state index in [4.69, 9.17) is 5.11 Å². The van der Waals surface area contributed by atoms with Gasteiger partial charge in [0.05, 0.1) is 6.42 Å². The number of carbonyl (C=O) groups is 2. The highest BCUT2D eigenvalue weighted by Gasteiger charge is 2.10. The zero-order valence-corrected chi connectivity index (χ0v) is 10.9. The molecule has 18 heavy (non-hydrogen) atoms. The Morgan fingerprint density at radius 3 is 2.83 bits per heavy atom. The van der Waals surface area contributed by atoms with Gasteiger partial charge in [-0.2, -0.15) is 0 Å². The molecule has 1 aliphatic carbocycles. The second-order valence-electron chi connectivity index (χ2n) is 4.76. The highest BCUT2D eigenvalue weighted by atomic mass is 16.4. The summed E-state index contributed by atoms with van der Waals surface area (Å²) < 4.78 is 0. The maximum Gasteiger partial charge on any atom is 0.315 e. The normalized spacial score (nSPS) is 16.6. The van der Waals surface area contributed by atoms with Gasteiger partial charge in [-0.3, -0.25) is 4.79 Å². The highest BCUT2D eigenvalue weighted by molar-refractivity contribution is 5.75. The monoisotopic (exact) mass is 254 g/mol. The van der Waals surface area contributed by atoms with Gasteiger partial charge in [0.15, 0.2) is 0 Å².